The summed E-state index contributed by atoms with van der Waals surface area (Å²) in [6.45, 7) is 4.99. The molecule has 94 valence electrons. The maximum absolute atomic E-state index is 12.2. The van der Waals surface area contributed by atoms with E-state index in [0.29, 0.717) is 6.04 Å². The first kappa shape index (κ1) is 12.0. The van der Waals surface area contributed by atoms with Crippen molar-refractivity contribution in [3.63, 3.8) is 0 Å². The summed E-state index contributed by atoms with van der Waals surface area (Å²) in [6.07, 6.45) is 3.47. The van der Waals surface area contributed by atoms with Crippen molar-refractivity contribution in [2.45, 2.75) is 32.4 Å². The van der Waals surface area contributed by atoms with Crippen molar-refractivity contribution in [2.24, 2.45) is 0 Å². The Morgan fingerprint density at radius 3 is 3.12 bits per heavy atom. The van der Waals surface area contributed by atoms with Crippen LogP contribution in [0.1, 0.15) is 19.8 Å². The number of hydrogen-bond donors (Lipinski definition) is 1. The Hall–Kier alpha value is -1.50. The van der Waals surface area contributed by atoms with Crippen LogP contribution in [0, 0.1) is 0 Å². The number of nitrogens with zero attached hydrogens (tertiary/aromatic N) is 5. The highest BCUT2D eigenvalue weighted by Crippen LogP contribution is 2.10. The Labute approximate surface area is 100 Å². The number of nitrogens with one attached hydrogen (secondary N) is 1. The predicted octanol–water partition coefficient (Wildman–Crippen LogP) is -0.726. The molecule has 0 aliphatic carbocycles. The van der Waals surface area contributed by atoms with Crippen LogP contribution in [0.5, 0.6) is 0 Å². The van der Waals surface area contributed by atoms with Gasteiger partial charge in [-0.2, -0.15) is 0 Å². The van der Waals surface area contributed by atoms with Crippen LogP contribution >= 0.6 is 0 Å². The second kappa shape index (κ2) is 5.72. The van der Waals surface area contributed by atoms with E-state index < -0.39 is 0 Å². The highest BCUT2D eigenvalue weighted by molar-refractivity contribution is 5.76. The molecule has 0 bridgehead atoms. The largest absolute Gasteiger partial charge is 0.337 e. The van der Waals surface area contributed by atoms with Crippen LogP contribution in [-0.4, -0.2) is 56.7 Å². The van der Waals surface area contributed by atoms with Crippen molar-refractivity contribution in [1.82, 2.24) is 30.4 Å². The van der Waals surface area contributed by atoms with Crippen LogP contribution in [-0.2, 0) is 11.3 Å². The Morgan fingerprint density at radius 1 is 1.65 bits per heavy atom. The average Bonchev–Trinajstić information content (AvgIpc) is 2.97. The summed E-state index contributed by atoms with van der Waals surface area (Å²) in [5.74, 6) is 0.0906. The predicted molar refractivity (Wildman–Crippen MR) is 61.1 cm³/mol. The number of aromatic nitrogens is 4. The number of hydrogen-bond acceptors (Lipinski definition) is 5. The van der Waals surface area contributed by atoms with Crippen LogP contribution in [0.2, 0.25) is 0 Å². The van der Waals surface area contributed by atoms with E-state index in [1.807, 2.05) is 4.90 Å². The molecule has 1 saturated heterocycles. The molecule has 2 rings (SSSR count). The lowest BCUT2D eigenvalue weighted by atomic mass is 10.2. The third-order valence-corrected chi connectivity index (χ3v) is 2.95. The Bertz CT molecular complexity index is 346. The molecule has 1 aliphatic heterocycles. The molecule has 1 fully saturated rings. The van der Waals surface area contributed by atoms with Crippen molar-refractivity contribution in [3.8, 4) is 0 Å². The average molecular weight is 238 g/mol. The van der Waals surface area contributed by atoms with Crippen LogP contribution < -0.4 is 5.32 Å². The van der Waals surface area contributed by atoms with Crippen molar-refractivity contribution in [2.75, 3.05) is 19.6 Å². The van der Waals surface area contributed by atoms with E-state index in [4.69, 9.17) is 0 Å². The molecule has 1 aromatic rings. The highest BCUT2D eigenvalue weighted by atomic mass is 16.2. The lowest BCUT2D eigenvalue weighted by Crippen LogP contribution is -2.43. The van der Waals surface area contributed by atoms with E-state index in [0.717, 1.165) is 32.5 Å². The molecule has 1 atom stereocenters. The third-order valence-electron chi connectivity index (χ3n) is 2.95. The molecule has 0 saturated carbocycles. The van der Waals surface area contributed by atoms with Gasteiger partial charge >= 0.3 is 0 Å². The van der Waals surface area contributed by atoms with Crippen LogP contribution in [0.4, 0.5) is 0 Å². The Balaban J connectivity index is 1.97. The molecule has 1 N–H and O–H groups in total. The quantitative estimate of drug-likeness (QED) is 0.732. The molecule has 0 radical (unpaired) electrons. The molecular formula is C10H18N6O. The minimum absolute atomic E-state index is 0.0906. The van der Waals surface area contributed by atoms with Gasteiger partial charge in [-0.15, -0.1) is 5.10 Å². The van der Waals surface area contributed by atoms with E-state index in [1.165, 1.54) is 11.0 Å². The molecule has 1 unspecified atom stereocenters. The zero-order valence-electron chi connectivity index (χ0n) is 10.0. The van der Waals surface area contributed by atoms with Gasteiger partial charge in [0.1, 0.15) is 12.9 Å². The molecule has 0 spiro atoms. The van der Waals surface area contributed by atoms with E-state index in [9.17, 15) is 4.79 Å². The summed E-state index contributed by atoms with van der Waals surface area (Å²) in [6, 6.07) is 0.318. The number of tetrazole rings is 1. The third kappa shape index (κ3) is 3.00. The fraction of sp³-hybridized carbons (Fsp3) is 0.800. The van der Waals surface area contributed by atoms with Crippen molar-refractivity contribution < 1.29 is 4.79 Å². The zero-order chi connectivity index (χ0) is 12.1. The Morgan fingerprint density at radius 2 is 2.53 bits per heavy atom. The summed E-state index contributed by atoms with van der Waals surface area (Å²) >= 11 is 0. The van der Waals surface area contributed by atoms with Gasteiger partial charge in [-0.1, -0.05) is 6.92 Å². The SMILES string of the molecule is CCCN(C(=O)Cn1cnnn1)C1CCNC1. The van der Waals surface area contributed by atoms with Gasteiger partial charge in [0, 0.05) is 19.1 Å². The maximum atomic E-state index is 12.2. The van der Waals surface area contributed by atoms with E-state index in [2.05, 4.69) is 27.8 Å². The molecule has 7 heteroatoms. The normalized spacial score (nSPS) is 19.5. The topological polar surface area (TPSA) is 75.9 Å². The number of carbonyl (C=O) groups excluding carboxylic acids is 1. The van der Waals surface area contributed by atoms with Gasteiger partial charge < -0.3 is 10.2 Å². The van der Waals surface area contributed by atoms with E-state index >= 15 is 0 Å². The number of rotatable bonds is 5. The van der Waals surface area contributed by atoms with Gasteiger partial charge in [0.05, 0.1) is 0 Å². The van der Waals surface area contributed by atoms with Gasteiger partial charge in [-0.05, 0) is 29.8 Å². The van der Waals surface area contributed by atoms with Crippen LogP contribution in [0.3, 0.4) is 0 Å². The lowest BCUT2D eigenvalue weighted by molar-refractivity contribution is -0.134. The number of amides is 1. The van der Waals surface area contributed by atoms with E-state index in [-0.39, 0.29) is 12.5 Å². The smallest absolute Gasteiger partial charge is 0.244 e. The lowest BCUT2D eigenvalue weighted by Gasteiger charge is -2.28. The fourth-order valence-corrected chi connectivity index (χ4v) is 2.14. The Kier molecular flexibility index (Phi) is 4.03. The molecular weight excluding hydrogens is 220 g/mol. The summed E-state index contributed by atoms with van der Waals surface area (Å²) in [4.78, 5) is 14.1. The second-order valence-corrected chi connectivity index (χ2v) is 4.24. The zero-order valence-corrected chi connectivity index (χ0v) is 10.0. The van der Waals surface area contributed by atoms with Gasteiger partial charge in [0.2, 0.25) is 5.91 Å². The first-order valence-corrected chi connectivity index (χ1v) is 6.02. The molecule has 0 aromatic carbocycles. The summed E-state index contributed by atoms with van der Waals surface area (Å²) in [5, 5.41) is 14.1. The van der Waals surface area contributed by atoms with Gasteiger partial charge in [-0.3, -0.25) is 4.79 Å². The second-order valence-electron chi connectivity index (χ2n) is 4.24. The van der Waals surface area contributed by atoms with Crippen LogP contribution in [0.15, 0.2) is 6.33 Å². The van der Waals surface area contributed by atoms with Crippen molar-refractivity contribution in [1.29, 1.82) is 0 Å². The molecule has 7 nitrogen and oxygen atoms in total. The highest BCUT2D eigenvalue weighted by Gasteiger charge is 2.25. The van der Waals surface area contributed by atoms with Gasteiger partial charge in [0.25, 0.3) is 0 Å². The van der Waals surface area contributed by atoms with Gasteiger partial charge in [0.15, 0.2) is 0 Å². The summed E-state index contributed by atoms with van der Waals surface area (Å²) < 4.78 is 1.47. The molecule has 1 aliphatic rings. The molecule has 1 aromatic heterocycles. The van der Waals surface area contributed by atoms with Crippen molar-refractivity contribution in [3.05, 3.63) is 6.33 Å². The minimum Gasteiger partial charge on any atom is -0.337 e. The van der Waals surface area contributed by atoms with Gasteiger partial charge in [-0.25, -0.2) is 4.68 Å². The number of carbonyl (C=O) groups is 1. The standard InChI is InChI=1S/C10H18N6O/c1-2-5-16(9-3-4-11-6-9)10(17)7-15-8-12-13-14-15/h8-9,11H,2-7H2,1H3. The minimum atomic E-state index is 0.0906. The maximum Gasteiger partial charge on any atom is 0.244 e. The first-order valence-electron chi connectivity index (χ1n) is 6.02. The van der Waals surface area contributed by atoms with E-state index in [1.54, 1.807) is 0 Å². The molecule has 17 heavy (non-hydrogen) atoms. The summed E-state index contributed by atoms with van der Waals surface area (Å²) in [7, 11) is 0. The van der Waals surface area contributed by atoms with Crippen LogP contribution in [0.25, 0.3) is 0 Å². The first-order chi connectivity index (χ1) is 8.31. The fourth-order valence-electron chi connectivity index (χ4n) is 2.14. The van der Waals surface area contributed by atoms with Crippen molar-refractivity contribution >= 4 is 5.91 Å². The molecule has 2 heterocycles. The monoisotopic (exact) mass is 238 g/mol. The molecule has 1 amide bonds. The summed E-state index contributed by atoms with van der Waals surface area (Å²) in [5.41, 5.74) is 0.